The van der Waals surface area contributed by atoms with Crippen LogP contribution in [-0.4, -0.2) is 31.7 Å². The Morgan fingerprint density at radius 2 is 1.75 bits per heavy atom. The Morgan fingerprint density at radius 1 is 1.04 bits per heavy atom. The Morgan fingerprint density at radius 3 is 2.46 bits per heavy atom. The maximum atomic E-state index is 13.4. The highest BCUT2D eigenvalue weighted by molar-refractivity contribution is 5.92. The first-order chi connectivity index (χ1) is 13.5. The lowest BCUT2D eigenvalue weighted by atomic mass is 10.3. The molecule has 0 radical (unpaired) electrons. The van der Waals surface area contributed by atoms with Crippen molar-refractivity contribution in [1.82, 2.24) is 0 Å². The van der Waals surface area contributed by atoms with Crippen LogP contribution in [0.25, 0.3) is 0 Å². The predicted molar refractivity (Wildman–Crippen MR) is 98.3 cm³/mol. The normalized spacial score (nSPS) is 10.2. The van der Waals surface area contributed by atoms with E-state index in [1.165, 1.54) is 0 Å². The number of amides is 1. The van der Waals surface area contributed by atoms with E-state index in [1.54, 1.807) is 12.1 Å². The minimum absolute atomic E-state index is 0.0401. The Bertz CT molecular complexity index is 813. The van der Waals surface area contributed by atoms with Gasteiger partial charge in [-0.25, -0.2) is 8.78 Å². The highest BCUT2D eigenvalue weighted by Crippen LogP contribution is 2.26. The van der Waals surface area contributed by atoms with Gasteiger partial charge in [0.1, 0.15) is 11.6 Å². The number of nitrogens with one attached hydrogen (secondary N) is 1. The number of halogens is 2. The monoisotopic (exact) mass is 393 g/mol. The minimum Gasteiger partial charge on any atom is -0.490 e. The van der Waals surface area contributed by atoms with Gasteiger partial charge in [-0.3, -0.25) is 9.59 Å². The van der Waals surface area contributed by atoms with E-state index in [2.05, 4.69) is 5.32 Å². The van der Waals surface area contributed by atoms with E-state index >= 15 is 0 Å². The standard InChI is InChI=1S/C20H21F2NO5/c1-2-26-17-6-3-4-7-18(17)27-11-5-8-20(25)28-13-19(24)23-16-12-14(21)9-10-15(16)22/h3-4,6-7,9-10,12H,2,5,8,11,13H2,1H3,(H,23,24). The zero-order valence-corrected chi connectivity index (χ0v) is 15.4. The van der Waals surface area contributed by atoms with E-state index in [0.717, 1.165) is 18.2 Å². The van der Waals surface area contributed by atoms with E-state index < -0.39 is 30.1 Å². The molecule has 0 heterocycles. The van der Waals surface area contributed by atoms with Gasteiger partial charge in [0.15, 0.2) is 18.1 Å². The largest absolute Gasteiger partial charge is 0.490 e. The Balaban J connectivity index is 1.67. The summed E-state index contributed by atoms with van der Waals surface area (Å²) < 4.78 is 42.3. The van der Waals surface area contributed by atoms with Crippen LogP contribution in [0, 0.1) is 11.6 Å². The smallest absolute Gasteiger partial charge is 0.306 e. The van der Waals surface area contributed by atoms with Crippen LogP contribution >= 0.6 is 0 Å². The average molecular weight is 393 g/mol. The third kappa shape index (κ3) is 6.86. The lowest BCUT2D eigenvalue weighted by Crippen LogP contribution is -2.21. The molecule has 2 rings (SSSR count). The maximum Gasteiger partial charge on any atom is 0.306 e. The number of benzene rings is 2. The van der Waals surface area contributed by atoms with E-state index in [9.17, 15) is 18.4 Å². The summed E-state index contributed by atoms with van der Waals surface area (Å²) in [5, 5.41) is 2.14. The van der Waals surface area contributed by atoms with Crippen molar-refractivity contribution in [2.45, 2.75) is 19.8 Å². The highest BCUT2D eigenvalue weighted by Gasteiger charge is 2.11. The molecule has 0 atom stereocenters. The van der Waals surface area contributed by atoms with Crippen LogP contribution in [0.1, 0.15) is 19.8 Å². The quantitative estimate of drug-likeness (QED) is 0.492. The Labute approximate surface area is 161 Å². The Hall–Kier alpha value is -3.16. The Kier molecular flexibility index (Phi) is 8.20. The molecule has 0 fully saturated rings. The van der Waals surface area contributed by atoms with Crippen molar-refractivity contribution in [3.63, 3.8) is 0 Å². The molecule has 0 aromatic heterocycles. The number of hydrogen-bond acceptors (Lipinski definition) is 5. The zero-order chi connectivity index (χ0) is 20.4. The summed E-state index contributed by atoms with van der Waals surface area (Å²) in [4.78, 5) is 23.4. The van der Waals surface area contributed by atoms with Gasteiger partial charge >= 0.3 is 5.97 Å². The number of carbonyl (C=O) groups excluding carboxylic acids is 2. The third-order valence-electron chi connectivity index (χ3n) is 3.50. The molecule has 8 heteroatoms. The summed E-state index contributed by atoms with van der Waals surface area (Å²) in [7, 11) is 0. The second-order valence-electron chi connectivity index (χ2n) is 5.66. The number of para-hydroxylation sites is 2. The molecule has 0 spiro atoms. The molecule has 0 aliphatic rings. The fourth-order valence-corrected chi connectivity index (χ4v) is 2.24. The summed E-state index contributed by atoms with van der Waals surface area (Å²) in [6.07, 6.45) is 0.415. The van der Waals surface area contributed by atoms with Gasteiger partial charge in [0.2, 0.25) is 0 Å². The summed E-state index contributed by atoms with van der Waals surface area (Å²) in [5.41, 5.74) is -0.317. The van der Waals surface area contributed by atoms with Crippen molar-refractivity contribution in [3.05, 3.63) is 54.1 Å². The molecule has 0 aliphatic heterocycles. The number of esters is 1. The molecule has 0 aliphatic carbocycles. The van der Waals surface area contributed by atoms with Crippen LogP contribution in [0.2, 0.25) is 0 Å². The SMILES string of the molecule is CCOc1ccccc1OCCCC(=O)OCC(=O)Nc1cc(F)ccc1F. The van der Waals surface area contributed by atoms with Gasteiger partial charge < -0.3 is 19.5 Å². The average Bonchev–Trinajstić information content (AvgIpc) is 2.68. The molecule has 0 saturated heterocycles. The summed E-state index contributed by atoms with van der Waals surface area (Å²) in [5.74, 6) is -1.65. The van der Waals surface area contributed by atoms with E-state index in [4.69, 9.17) is 14.2 Å². The van der Waals surface area contributed by atoms with Gasteiger partial charge in [0.25, 0.3) is 5.91 Å². The van der Waals surface area contributed by atoms with Crippen LogP contribution < -0.4 is 14.8 Å². The van der Waals surface area contributed by atoms with Gasteiger partial charge in [-0.15, -0.1) is 0 Å². The first-order valence-electron chi connectivity index (χ1n) is 8.74. The molecule has 28 heavy (non-hydrogen) atoms. The molecule has 1 amide bonds. The molecule has 0 unspecified atom stereocenters. The van der Waals surface area contributed by atoms with Gasteiger partial charge in [0, 0.05) is 12.5 Å². The predicted octanol–water partition coefficient (Wildman–Crippen LogP) is 3.70. The van der Waals surface area contributed by atoms with Crippen LogP contribution in [0.4, 0.5) is 14.5 Å². The number of hydrogen-bond donors (Lipinski definition) is 1. The van der Waals surface area contributed by atoms with Crippen molar-refractivity contribution in [2.24, 2.45) is 0 Å². The van der Waals surface area contributed by atoms with Crippen LogP contribution in [-0.2, 0) is 14.3 Å². The zero-order valence-electron chi connectivity index (χ0n) is 15.4. The highest BCUT2D eigenvalue weighted by atomic mass is 19.1. The molecular weight excluding hydrogens is 372 g/mol. The van der Waals surface area contributed by atoms with E-state index in [0.29, 0.717) is 24.5 Å². The fraction of sp³-hybridized carbons (Fsp3) is 0.300. The summed E-state index contributed by atoms with van der Waals surface area (Å²) in [6, 6.07) is 9.85. The van der Waals surface area contributed by atoms with Crippen LogP contribution in [0.3, 0.4) is 0 Å². The van der Waals surface area contributed by atoms with Gasteiger partial charge in [0.05, 0.1) is 18.9 Å². The lowest BCUT2D eigenvalue weighted by Gasteiger charge is -2.11. The first kappa shape index (κ1) is 21.1. The van der Waals surface area contributed by atoms with Crippen LogP contribution in [0.15, 0.2) is 42.5 Å². The van der Waals surface area contributed by atoms with E-state index in [-0.39, 0.29) is 18.7 Å². The number of anilines is 1. The van der Waals surface area contributed by atoms with E-state index in [1.807, 2.05) is 19.1 Å². The molecule has 0 bridgehead atoms. The molecule has 150 valence electrons. The third-order valence-corrected chi connectivity index (χ3v) is 3.50. The summed E-state index contributed by atoms with van der Waals surface area (Å²) >= 11 is 0. The van der Waals surface area contributed by atoms with Crippen molar-refractivity contribution in [3.8, 4) is 11.5 Å². The van der Waals surface area contributed by atoms with Crippen molar-refractivity contribution >= 4 is 17.6 Å². The maximum absolute atomic E-state index is 13.4. The molecule has 6 nitrogen and oxygen atoms in total. The minimum atomic E-state index is -0.787. The second kappa shape index (κ2) is 10.9. The van der Waals surface area contributed by atoms with Crippen molar-refractivity contribution < 1.29 is 32.6 Å². The van der Waals surface area contributed by atoms with Crippen molar-refractivity contribution in [1.29, 1.82) is 0 Å². The fourth-order valence-electron chi connectivity index (χ4n) is 2.24. The van der Waals surface area contributed by atoms with Crippen LogP contribution in [0.5, 0.6) is 11.5 Å². The topological polar surface area (TPSA) is 73.9 Å². The molecule has 0 saturated carbocycles. The van der Waals surface area contributed by atoms with Gasteiger partial charge in [-0.2, -0.15) is 0 Å². The number of carbonyl (C=O) groups is 2. The molecular formula is C20H21F2NO5. The molecule has 2 aromatic carbocycles. The van der Waals surface area contributed by atoms with Gasteiger partial charge in [-0.1, -0.05) is 12.1 Å². The lowest BCUT2D eigenvalue weighted by molar-refractivity contribution is -0.147. The second-order valence-corrected chi connectivity index (χ2v) is 5.66. The molecule has 1 N–H and O–H groups in total. The van der Waals surface area contributed by atoms with Crippen molar-refractivity contribution in [2.75, 3.05) is 25.1 Å². The summed E-state index contributed by atoms with van der Waals surface area (Å²) in [6.45, 7) is 2.04. The number of rotatable bonds is 10. The first-order valence-corrected chi connectivity index (χ1v) is 8.74. The number of ether oxygens (including phenoxy) is 3. The molecule has 2 aromatic rings. The van der Waals surface area contributed by atoms with Gasteiger partial charge in [-0.05, 0) is 37.6 Å².